The van der Waals surface area contributed by atoms with Gasteiger partial charge in [0.25, 0.3) is 0 Å². The number of ether oxygens (including phenoxy) is 1. The van der Waals surface area contributed by atoms with Crippen molar-refractivity contribution in [1.29, 1.82) is 0 Å². The first kappa shape index (κ1) is 18.3. The Balaban J connectivity index is 1.98. The van der Waals surface area contributed by atoms with Crippen molar-refractivity contribution in [2.24, 2.45) is 0 Å². The molecule has 0 fully saturated rings. The molecule has 2 rings (SSSR count). The number of rotatable bonds is 8. The number of para-hydroxylation sites is 2. The fourth-order valence-electron chi connectivity index (χ4n) is 2.22. The van der Waals surface area contributed by atoms with Gasteiger partial charge in [0.15, 0.2) is 0 Å². The number of carboxylic acids is 1. The second kappa shape index (κ2) is 8.72. The lowest BCUT2D eigenvalue weighted by Gasteiger charge is -2.14. The summed E-state index contributed by atoms with van der Waals surface area (Å²) in [7, 11) is 0. The van der Waals surface area contributed by atoms with E-state index in [2.05, 4.69) is 15.3 Å². The predicted octanol–water partition coefficient (Wildman–Crippen LogP) is 1.08. The van der Waals surface area contributed by atoms with E-state index in [-0.39, 0.29) is 25.9 Å². The first-order valence-electron chi connectivity index (χ1n) is 7.88. The average molecular weight is 345 g/mol. The fraction of sp³-hybridized carbons (Fsp3) is 0.353. The first-order valence-corrected chi connectivity index (χ1v) is 7.88. The smallest absolute Gasteiger partial charge is 0.326 e. The number of aliphatic carboxylic acids is 1. The summed E-state index contributed by atoms with van der Waals surface area (Å²) in [6.07, 6.45) is 1.26. The standard InChI is InChI=1S/C17H19N3O5/c1-2-25-16(22)8-7-15(21)20-14(17(23)24)9-11-10-18-12-5-3-4-6-13(12)19-11/h3-6,10,14H,2,7-9H2,1H3,(H,20,21)(H,23,24)/t14-/m0/s1. The predicted molar refractivity (Wildman–Crippen MR) is 88.7 cm³/mol. The quantitative estimate of drug-likeness (QED) is 0.687. The van der Waals surface area contributed by atoms with E-state index in [4.69, 9.17) is 4.74 Å². The Morgan fingerprint density at radius 1 is 1.20 bits per heavy atom. The number of hydrogen-bond acceptors (Lipinski definition) is 6. The van der Waals surface area contributed by atoms with Crippen LogP contribution in [0.25, 0.3) is 11.0 Å². The van der Waals surface area contributed by atoms with E-state index < -0.39 is 23.9 Å². The highest BCUT2D eigenvalue weighted by Gasteiger charge is 2.21. The molecule has 8 nitrogen and oxygen atoms in total. The van der Waals surface area contributed by atoms with Crippen LogP contribution in [0.5, 0.6) is 0 Å². The molecule has 25 heavy (non-hydrogen) atoms. The lowest BCUT2D eigenvalue weighted by atomic mass is 10.1. The third-order valence-corrected chi connectivity index (χ3v) is 3.41. The van der Waals surface area contributed by atoms with E-state index >= 15 is 0 Å². The number of aromatic nitrogens is 2. The second-order valence-corrected chi connectivity index (χ2v) is 5.32. The molecule has 1 heterocycles. The molecule has 0 spiro atoms. The Morgan fingerprint density at radius 2 is 1.92 bits per heavy atom. The minimum absolute atomic E-state index is 0.00167. The molecule has 0 aliphatic carbocycles. The topological polar surface area (TPSA) is 118 Å². The van der Waals surface area contributed by atoms with Crippen LogP contribution in [0.2, 0.25) is 0 Å². The molecule has 0 aliphatic rings. The van der Waals surface area contributed by atoms with Crippen LogP contribution in [0.1, 0.15) is 25.5 Å². The molecule has 2 N–H and O–H groups in total. The average Bonchev–Trinajstić information content (AvgIpc) is 2.59. The summed E-state index contributed by atoms with van der Waals surface area (Å²) >= 11 is 0. The van der Waals surface area contributed by atoms with E-state index in [9.17, 15) is 19.5 Å². The molecule has 1 amide bonds. The van der Waals surface area contributed by atoms with Gasteiger partial charge in [-0.1, -0.05) is 12.1 Å². The molecule has 1 aromatic carbocycles. The van der Waals surface area contributed by atoms with Crippen LogP contribution in [-0.4, -0.2) is 45.6 Å². The molecule has 132 valence electrons. The van der Waals surface area contributed by atoms with E-state index in [1.807, 2.05) is 12.1 Å². The van der Waals surface area contributed by atoms with Gasteiger partial charge in [-0.05, 0) is 19.1 Å². The SMILES string of the molecule is CCOC(=O)CCC(=O)N[C@@H](Cc1cnc2ccccc2n1)C(=O)O. The number of carbonyl (C=O) groups excluding carboxylic acids is 2. The third kappa shape index (κ3) is 5.52. The minimum Gasteiger partial charge on any atom is -0.480 e. The summed E-state index contributed by atoms with van der Waals surface area (Å²) in [5, 5.41) is 11.7. The molecule has 0 radical (unpaired) electrons. The highest BCUT2D eigenvalue weighted by molar-refractivity contribution is 5.86. The van der Waals surface area contributed by atoms with Crippen LogP contribution in [-0.2, 0) is 25.5 Å². The van der Waals surface area contributed by atoms with Gasteiger partial charge in [-0.25, -0.2) is 9.78 Å². The lowest BCUT2D eigenvalue weighted by Crippen LogP contribution is -2.42. The maximum absolute atomic E-state index is 11.9. The number of amides is 1. The molecular weight excluding hydrogens is 326 g/mol. The molecule has 0 aliphatic heterocycles. The van der Waals surface area contributed by atoms with Crippen molar-refractivity contribution in [2.45, 2.75) is 32.2 Å². The Kier molecular flexibility index (Phi) is 6.39. The number of nitrogens with zero attached hydrogens (tertiary/aromatic N) is 2. The molecular formula is C17H19N3O5. The van der Waals surface area contributed by atoms with E-state index in [0.717, 1.165) is 0 Å². The van der Waals surface area contributed by atoms with Crippen LogP contribution >= 0.6 is 0 Å². The highest BCUT2D eigenvalue weighted by Crippen LogP contribution is 2.10. The van der Waals surface area contributed by atoms with E-state index in [1.54, 1.807) is 19.1 Å². The van der Waals surface area contributed by atoms with Crippen molar-refractivity contribution in [1.82, 2.24) is 15.3 Å². The van der Waals surface area contributed by atoms with Gasteiger partial charge in [0.2, 0.25) is 5.91 Å². The zero-order chi connectivity index (χ0) is 18.2. The van der Waals surface area contributed by atoms with Crippen LogP contribution < -0.4 is 5.32 Å². The summed E-state index contributed by atoms with van der Waals surface area (Å²) in [6, 6.07) is 6.08. The summed E-state index contributed by atoms with van der Waals surface area (Å²) < 4.78 is 4.73. The zero-order valence-electron chi connectivity index (χ0n) is 13.8. The van der Waals surface area contributed by atoms with Crippen LogP contribution in [0.3, 0.4) is 0 Å². The minimum atomic E-state index is -1.18. The van der Waals surface area contributed by atoms with Crippen molar-refractivity contribution in [3.05, 3.63) is 36.2 Å². The van der Waals surface area contributed by atoms with Crippen LogP contribution in [0.15, 0.2) is 30.5 Å². The Hall–Kier alpha value is -3.03. The van der Waals surface area contributed by atoms with Crippen molar-refractivity contribution in [2.75, 3.05) is 6.61 Å². The Morgan fingerprint density at radius 3 is 2.60 bits per heavy atom. The van der Waals surface area contributed by atoms with Crippen molar-refractivity contribution in [3.8, 4) is 0 Å². The Bertz CT molecular complexity index is 778. The van der Waals surface area contributed by atoms with Gasteiger partial charge in [0, 0.05) is 19.0 Å². The molecule has 2 aromatic rings. The highest BCUT2D eigenvalue weighted by atomic mass is 16.5. The van der Waals surface area contributed by atoms with Gasteiger partial charge in [0.1, 0.15) is 6.04 Å². The number of nitrogens with one attached hydrogen (secondary N) is 1. The number of carbonyl (C=O) groups is 3. The lowest BCUT2D eigenvalue weighted by molar-refractivity contribution is -0.144. The number of benzene rings is 1. The van der Waals surface area contributed by atoms with Gasteiger partial charge in [-0.15, -0.1) is 0 Å². The van der Waals surface area contributed by atoms with Gasteiger partial charge in [-0.3, -0.25) is 14.6 Å². The van der Waals surface area contributed by atoms with Gasteiger partial charge in [-0.2, -0.15) is 0 Å². The third-order valence-electron chi connectivity index (χ3n) is 3.41. The summed E-state index contributed by atoms with van der Waals surface area (Å²) in [6.45, 7) is 1.90. The maximum Gasteiger partial charge on any atom is 0.326 e. The molecule has 0 unspecified atom stereocenters. The molecule has 1 aromatic heterocycles. The van der Waals surface area contributed by atoms with Gasteiger partial charge >= 0.3 is 11.9 Å². The summed E-state index contributed by atoms with van der Waals surface area (Å²) in [5.41, 5.74) is 1.81. The number of esters is 1. The normalized spacial score (nSPS) is 11.7. The maximum atomic E-state index is 11.9. The van der Waals surface area contributed by atoms with Crippen molar-refractivity contribution < 1.29 is 24.2 Å². The van der Waals surface area contributed by atoms with Crippen molar-refractivity contribution >= 4 is 28.9 Å². The largest absolute Gasteiger partial charge is 0.480 e. The summed E-state index contributed by atoms with van der Waals surface area (Å²) in [4.78, 5) is 43.1. The molecule has 1 atom stereocenters. The van der Waals surface area contributed by atoms with Crippen LogP contribution in [0, 0.1) is 0 Å². The monoisotopic (exact) mass is 345 g/mol. The number of fused-ring (bicyclic) bond motifs is 1. The molecule has 0 saturated heterocycles. The molecule has 8 heteroatoms. The Labute approximate surface area is 144 Å². The van der Waals surface area contributed by atoms with Gasteiger partial charge in [0.05, 0.1) is 29.8 Å². The summed E-state index contributed by atoms with van der Waals surface area (Å²) in [5.74, 6) is -2.21. The van der Waals surface area contributed by atoms with Crippen LogP contribution in [0.4, 0.5) is 0 Å². The zero-order valence-corrected chi connectivity index (χ0v) is 13.8. The van der Waals surface area contributed by atoms with E-state index in [1.165, 1.54) is 6.20 Å². The molecule has 0 saturated carbocycles. The first-order chi connectivity index (χ1) is 12.0. The number of hydrogen-bond donors (Lipinski definition) is 2. The fourth-order valence-corrected chi connectivity index (χ4v) is 2.22. The van der Waals surface area contributed by atoms with Gasteiger partial charge < -0.3 is 15.2 Å². The van der Waals surface area contributed by atoms with E-state index in [0.29, 0.717) is 16.7 Å². The second-order valence-electron chi connectivity index (χ2n) is 5.32. The van der Waals surface area contributed by atoms with Crippen molar-refractivity contribution in [3.63, 3.8) is 0 Å². The number of carboxylic acid groups (broad SMARTS) is 1. The molecule has 0 bridgehead atoms.